The number of carbonyl (C=O) groups is 2. The molecule has 0 bridgehead atoms. The predicted molar refractivity (Wildman–Crippen MR) is 78.4 cm³/mol. The maximum Gasteiger partial charge on any atom is 0.241 e. The third-order valence-electron chi connectivity index (χ3n) is 3.68. The zero-order chi connectivity index (χ0) is 15.4. The van der Waals surface area contributed by atoms with Gasteiger partial charge in [0.2, 0.25) is 11.8 Å². The number of nitriles is 1. The van der Waals surface area contributed by atoms with Crippen molar-refractivity contribution in [2.75, 3.05) is 18.4 Å². The molecule has 2 amide bonds. The maximum absolute atomic E-state index is 12.3. The summed E-state index contributed by atoms with van der Waals surface area (Å²) in [4.78, 5) is 25.8. The molecule has 0 spiro atoms. The lowest BCUT2D eigenvalue weighted by atomic mass is 10.1. The first-order valence-corrected chi connectivity index (χ1v) is 6.87. The first kappa shape index (κ1) is 15.0. The van der Waals surface area contributed by atoms with E-state index in [0.717, 1.165) is 0 Å². The molecule has 1 aliphatic heterocycles. The molecule has 1 saturated heterocycles. The van der Waals surface area contributed by atoms with Gasteiger partial charge in [0.05, 0.1) is 23.7 Å². The summed E-state index contributed by atoms with van der Waals surface area (Å²) in [7, 11) is 0. The number of nitrogens with one attached hydrogen (secondary N) is 2. The average molecular weight is 286 g/mol. The van der Waals surface area contributed by atoms with Gasteiger partial charge < -0.3 is 10.6 Å². The molecule has 0 aromatic heterocycles. The van der Waals surface area contributed by atoms with Gasteiger partial charge in [0.1, 0.15) is 0 Å². The zero-order valence-corrected chi connectivity index (χ0v) is 12.1. The van der Waals surface area contributed by atoms with Crippen LogP contribution in [0.25, 0.3) is 0 Å². The van der Waals surface area contributed by atoms with Gasteiger partial charge in [-0.05, 0) is 32.0 Å². The molecule has 1 heterocycles. The summed E-state index contributed by atoms with van der Waals surface area (Å²) in [5.41, 5.74) is 1.08. The highest BCUT2D eigenvalue weighted by molar-refractivity contribution is 5.95. The van der Waals surface area contributed by atoms with Gasteiger partial charge in [0, 0.05) is 18.8 Å². The fourth-order valence-corrected chi connectivity index (χ4v) is 2.39. The molecular weight excluding hydrogens is 268 g/mol. The van der Waals surface area contributed by atoms with Crippen LogP contribution < -0.4 is 10.6 Å². The zero-order valence-electron chi connectivity index (χ0n) is 12.1. The number of hydrogen-bond donors (Lipinski definition) is 2. The predicted octanol–water partition coefficient (Wildman–Crippen LogP) is 0.706. The van der Waals surface area contributed by atoms with Crippen molar-refractivity contribution >= 4 is 17.5 Å². The molecule has 1 aromatic rings. The number of hydrogen-bond acceptors (Lipinski definition) is 4. The molecule has 1 fully saturated rings. The Bertz CT molecular complexity index is 594. The minimum absolute atomic E-state index is 0.0626. The van der Waals surface area contributed by atoms with Crippen molar-refractivity contribution in [3.63, 3.8) is 0 Å². The Morgan fingerprint density at radius 1 is 1.57 bits per heavy atom. The van der Waals surface area contributed by atoms with Crippen LogP contribution in [0.2, 0.25) is 0 Å². The fraction of sp³-hybridized carbons (Fsp3) is 0.400. The van der Waals surface area contributed by atoms with Crippen molar-refractivity contribution in [3.8, 4) is 6.07 Å². The van der Waals surface area contributed by atoms with E-state index in [-0.39, 0.29) is 17.9 Å². The van der Waals surface area contributed by atoms with Gasteiger partial charge in [-0.15, -0.1) is 0 Å². The Hall–Kier alpha value is -2.39. The van der Waals surface area contributed by atoms with Gasteiger partial charge in [-0.1, -0.05) is 6.07 Å². The SMILES string of the molecule is CC1C(=O)NCCN1C(C)C(=O)Nc1cccc(C#N)c1. The molecule has 110 valence electrons. The van der Waals surface area contributed by atoms with Crippen LogP contribution >= 0.6 is 0 Å². The Labute approximate surface area is 123 Å². The number of piperazine rings is 1. The second kappa shape index (κ2) is 6.37. The molecule has 1 aromatic carbocycles. The summed E-state index contributed by atoms with van der Waals surface area (Å²) in [5.74, 6) is -0.251. The summed E-state index contributed by atoms with van der Waals surface area (Å²) in [6, 6.07) is 8.03. The average Bonchev–Trinajstić information content (AvgIpc) is 2.49. The molecule has 2 rings (SSSR count). The fourth-order valence-electron chi connectivity index (χ4n) is 2.39. The van der Waals surface area contributed by atoms with E-state index in [1.165, 1.54) is 0 Å². The summed E-state index contributed by atoms with van der Waals surface area (Å²) >= 11 is 0. The molecule has 6 nitrogen and oxygen atoms in total. The molecule has 0 saturated carbocycles. The van der Waals surface area contributed by atoms with Crippen LogP contribution in [-0.4, -0.2) is 41.9 Å². The van der Waals surface area contributed by atoms with Crippen LogP contribution in [0.3, 0.4) is 0 Å². The van der Waals surface area contributed by atoms with E-state index in [1.807, 2.05) is 11.0 Å². The first-order valence-electron chi connectivity index (χ1n) is 6.87. The molecular formula is C15H18N4O2. The van der Waals surface area contributed by atoms with Gasteiger partial charge in [-0.25, -0.2) is 0 Å². The van der Waals surface area contributed by atoms with Crippen LogP contribution in [0.4, 0.5) is 5.69 Å². The van der Waals surface area contributed by atoms with E-state index in [2.05, 4.69) is 10.6 Å². The van der Waals surface area contributed by atoms with Crippen molar-refractivity contribution < 1.29 is 9.59 Å². The summed E-state index contributed by atoms with van der Waals surface area (Å²) in [6.45, 7) is 4.75. The molecule has 1 aliphatic rings. The molecule has 6 heteroatoms. The first-order chi connectivity index (χ1) is 10.0. The molecule has 21 heavy (non-hydrogen) atoms. The molecule has 2 unspecified atom stereocenters. The van der Waals surface area contributed by atoms with Crippen LogP contribution in [-0.2, 0) is 9.59 Å². The van der Waals surface area contributed by atoms with Crippen LogP contribution in [0, 0.1) is 11.3 Å². The number of amides is 2. The van der Waals surface area contributed by atoms with Gasteiger partial charge in [-0.2, -0.15) is 5.26 Å². The van der Waals surface area contributed by atoms with Gasteiger partial charge in [0.25, 0.3) is 0 Å². The van der Waals surface area contributed by atoms with Gasteiger partial charge >= 0.3 is 0 Å². The third kappa shape index (κ3) is 3.38. The lowest BCUT2D eigenvalue weighted by Gasteiger charge is -2.36. The monoisotopic (exact) mass is 286 g/mol. The molecule has 2 N–H and O–H groups in total. The number of benzene rings is 1. The van der Waals surface area contributed by atoms with E-state index in [1.54, 1.807) is 38.1 Å². The quantitative estimate of drug-likeness (QED) is 0.856. The van der Waals surface area contributed by atoms with E-state index < -0.39 is 6.04 Å². The van der Waals surface area contributed by atoms with Gasteiger partial charge in [-0.3, -0.25) is 14.5 Å². The lowest BCUT2D eigenvalue weighted by molar-refractivity contribution is -0.132. The second-order valence-corrected chi connectivity index (χ2v) is 5.06. The van der Waals surface area contributed by atoms with Crippen molar-refractivity contribution in [3.05, 3.63) is 29.8 Å². The number of carbonyl (C=O) groups excluding carboxylic acids is 2. The topological polar surface area (TPSA) is 85.2 Å². The van der Waals surface area contributed by atoms with Crippen molar-refractivity contribution in [2.24, 2.45) is 0 Å². The van der Waals surface area contributed by atoms with Crippen molar-refractivity contribution in [1.82, 2.24) is 10.2 Å². The van der Waals surface area contributed by atoms with E-state index in [4.69, 9.17) is 5.26 Å². The summed E-state index contributed by atoms with van der Waals surface area (Å²) in [5, 5.41) is 14.4. The third-order valence-corrected chi connectivity index (χ3v) is 3.68. The minimum atomic E-state index is -0.420. The highest BCUT2D eigenvalue weighted by atomic mass is 16.2. The van der Waals surface area contributed by atoms with Gasteiger partial charge in [0.15, 0.2) is 0 Å². The maximum atomic E-state index is 12.3. The Morgan fingerprint density at radius 3 is 3.05 bits per heavy atom. The molecule has 0 radical (unpaired) electrons. The largest absolute Gasteiger partial charge is 0.353 e. The van der Waals surface area contributed by atoms with E-state index in [9.17, 15) is 9.59 Å². The highest BCUT2D eigenvalue weighted by Crippen LogP contribution is 2.14. The Balaban J connectivity index is 2.05. The Morgan fingerprint density at radius 2 is 2.33 bits per heavy atom. The van der Waals surface area contributed by atoms with Crippen LogP contribution in [0.15, 0.2) is 24.3 Å². The number of anilines is 1. The smallest absolute Gasteiger partial charge is 0.241 e. The Kier molecular flexibility index (Phi) is 4.55. The lowest BCUT2D eigenvalue weighted by Crippen LogP contribution is -2.58. The van der Waals surface area contributed by atoms with Crippen molar-refractivity contribution in [2.45, 2.75) is 25.9 Å². The number of rotatable bonds is 3. The normalized spacial score (nSPS) is 20.2. The minimum Gasteiger partial charge on any atom is -0.353 e. The van der Waals surface area contributed by atoms with Crippen LogP contribution in [0.1, 0.15) is 19.4 Å². The van der Waals surface area contributed by atoms with E-state index in [0.29, 0.717) is 24.3 Å². The van der Waals surface area contributed by atoms with Crippen LogP contribution in [0.5, 0.6) is 0 Å². The van der Waals surface area contributed by atoms with E-state index >= 15 is 0 Å². The summed E-state index contributed by atoms with van der Waals surface area (Å²) < 4.78 is 0. The highest BCUT2D eigenvalue weighted by Gasteiger charge is 2.32. The number of nitrogens with zero attached hydrogens (tertiary/aromatic N) is 2. The molecule has 0 aliphatic carbocycles. The second-order valence-electron chi connectivity index (χ2n) is 5.06. The summed E-state index contributed by atoms with van der Waals surface area (Å²) in [6.07, 6.45) is 0. The van der Waals surface area contributed by atoms with Crippen molar-refractivity contribution in [1.29, 1.82) is 5.26 Å². The standard InChI is InChI=1S/C15H18N4O2/c1-10-14(20)17-6-7-19(10)11(2)15(21)18-13-5-3-4-12(8-13)9-16/h3-5,8,10-11H,6-7H2,1-2H3,(H,17,20)(H,18,21). The molecule has 2 atom stereocenters.